The van der Waals surface area contributed by atoms with Crippen LogP contribution in [0.2, 0.25) is 5.02 Å². The number of hydrogen-bond donors (Lipinski definition) is 1. The molecule has 0 saturated heterocycles. The third kappa shape index (κ3) is 3.28. The van der Waals surface area contributed by atoms with Gasteiger partial charge in [0.2, 0.25) is 6.79 Å². The maximum Gasteiger partial charge on any atom is 0.257 e. The molecule has 1 aliphatic rings. The van der Waals surface area contributed by atoms with Gasteiger partial charge in [0.05, 0.1) is 10.7 Å². The molecule has 4 rings (SSSR count). The monoisotopic (exact) mass is 447 g/mol. The fourth-order valence-corrected chi connectivity index (χ4v) is 3.57. The van der Waals surface area contributed by atoms with Gasteiger partial charge in [0.1, 0.15) is 5.82 Å². The summed E-state index contributed by atoms with van der Waals surface area (Å²) in [6.07, 6.45) is 0. The van der Waals surface area contributed by atoms with Crippen molar-refractivity contribution in [1.82, 2.24) is 9.78 Å². The molecule has 27 heavy (non-hydrogen) atoms. The molecule has 1 N–H and O–H groups in total. The number of fused-ring (bicyclic) bond motifs is 1. The Bertz CT molecular complexity index is 1050. The van der Waals surface area contributed by atoms with E-state index >= 15 is 0 Å². The standard InChI is InChI=1S/C19H15BrClN3O3/c1-10-16(11-3-5-13(20)6-4-11)18(24(2)23-10)22-19(25)12-7-14(21)17-15(8-12)26-9-27-17/h3-8H,9H2,1-2H3,(H,22,25). The quantitative estimate of drug-likeness (QED) is 0.625. The van der Waals surface area contributed by atoms with Crippen LogP contribution in [0.5, 0.6) is 11.5 Å². The van der Waals surface area contributed by atoms with Crippen LogP contribution in [0, 0.1) is 6.92 Å². The van der Waals surface area contributed by atoms with E-state index in [1.165, 1.54) is 0 Å². The molecule has 0 unspecified atom stereocenters. The smallest absolute Gasteiger partial charge is 0.257 e. The molecular weight excluding hydrogens is 434 g/mol. The minimum Gasteiger partial charge on any atom is -0.454 e. The van der Waals surface area contributed by atoms with Crippen LogP contribution >= 0.6 is 27.5 Å². The fraction of sp³-hybridized carbons (Fsp3) is 0.158. The zero-order valence-electron chi connectivity index (χ0n) is 14.5. The normalized spacial score (nSPS) is 12.3. The average molecular weight is 449 g/mol. The third-order valence-electron chi connectivity index (χ3n) is 4.28. The van der Waals surface area contributed by atoms with Crippen LogP contribution in [-0.2, 0) is 7.05 Å². The largest absolute Gasteiger partial charge is 0.454 e. The number of carbonyl (C=O) groups is 1. The number of nitrogens with one attached hydrogen (secondary N) is 1. The first-order valence-corrected chi connectivity index (χ1v) is 9.31. The Hall–Kier alpha value is -2.51. The van der Waals surface area contributed by atoms with Gasteiger partial charge in [-0.2, -0.15) is 5.10 Å². The van der Waals surface area contributed by atoms with E-state index in [0.29, 0.717) is 27.9 Å². The van der Waals surface area contributed by atoms with Gasteiger partial charge >= 0.3 is 0 Å². The second kappa shape index (κ2) is 6.90. The Balaban J connectivity index is 1.70. The van der Waals surface area contributed by atoms with Gasteiger partial charge in [-0.1, -0.05) is 39.7 Å². The Kier molecular flexibility index (Phi) is 4.57. The number of nitrogens with zero attached hydrogens (tertiary/aromatic N) is 2. The Morgan fingerprint density at radius 2 is 2.00 bits per heavy atom. The van der Waals surface area contributed by atoms with Crippen LogP contribution in [0.1, 0.15) is 16.1 Å². The van der Waals surface area contributed by atoms with Crippen molar-refractivity contribution in [3.63, 3.8) is 0 Å². The molecule has 0 radical (unpaired) electrons. The zero-order valence-corrected chi connectivity index (χ0v) is 16.9. The molecule has 0 aliphatic carbocycles. The Morgan fingerprint density at radius 3 is 2.74 bits per heavy atom. The first-order valence-electron chi connectivity index (χ1n) is 8.14. The summed E-state index contributed by atoms with van der Waals surface area (Å²) in [5, 5.41) is 7.73. The summed E-state index contributed by atoms with van der Waals surface area (Å²) in [6.45, 7) is 2.00. The minimum atomic E-state index is -0.309. The Morgan fingerprint density at radius 1 is 1.26 bits per heavy atom. The summed E-state index contributed by atoms with van der Waals surface area (Å²) < 4.78 is 13.3. The van der Waals surface area contributed by atoms with Crippen molar-refractivity contribution in [2.45, 2.75) is 6.92 Å². The highest BCUT2D eigenvalue weighted by molar-refractivity contribution is 9.10. The number of benzene rings is 2. The molecule has 1 aromatic heterocycles. The highest BCUT2D eigenvalue weighted by Gasteiger charge is 2.23. The van der Waals surface area contributed by atoms with Crippen molar-refractivity contribution in [1.29, 1.82) is 0 Å². The number of anilines is 1. The van der Waals surface area contributed by atoms with Gasteiger partial charge in [0.25, 0.3) is 5.91 Å². The van der Waals surface area contributed by atoms with E-state index in [2.05, 4.69) is 26.3 Å². The van der Waals surface area contributed by atoms with Gasteiger partial charge in [-0.05, 0) is 36.8 Å². The molecule has 8 heteroatoms. The third-order valence-corrected chi connectivity index (χ3v) is 5.09. The van der Waals surface area contributed by atoms with Gasteiger partial charge in [-0.3, -0.25) is 9.48 Å². The van der Waals surface area contributed by atoms with Gasteiger partial charge < -0.3 is 14.8 Å². The van der Waals surface area contributed by atoms with Gasteiger partial charge in [0, 0.05) is 22.6 Å². The minimum absolute atomic E-state index is 0.0920. The van der Waals surface area contributed by atoms with Crippen LogP contribution in [0.4, 0.5) is 5.82 Å². The lowest BCUT2D eigenvalue weighted by molar-refractivity contribution is 0.102. The summed E-state index contributed by atoms with van der Waals surface area (Å²) in [4.78, 5) is 12.9. The summed E-state index contributed by atoms with van der Waals surface area (Å²) in [7, 11) is 1.79. The van der Waals surface area contributed by atoms with Crippen molar-refractivity contribution in [2.75, 3.05) is 12.1 Å². The number of carbonyl (C=O) groups excluding carboxylic acids is 1. The molecule has 0 atom stereocenters. The number of rotatable bonds is 3. The molecule has 2 heterocycles. The molecule has 0 saturated carbocycles. The predicted molar refractivity (Wildman–Crippen MR) is 107 cm³/mol. The summed E-state index contributed by atoms with van der Waals surface area (Å²) in [5.74, 6) is 1.22. The second-order valence-corrected chi connectivity index (χ2v) is 7.41. The lowest BCUT2D eigenvalue weighted by Gasteiger charge is -2.10. The number of ether oxygens (including phenoxy) is 2. The SMILES string of the molecule is Cc1nn(C)c(NC(=O)c2cc(Cl)c3c(c2)OCO3)c1-c1ccc(Br)cc1. The number of aryl methyl sites for hydroxylation is 2. The number of amides is 1. The molecule has 3 aromatic rings. The number of halogens is 2. The van der Waals surface area contributed by atoms with E-state index in [0.717, 1.165) is 21.3 Å². The maximum absolute atomic E-state index is 12.9. The highest BCUT2D eigenvalue weighted by Crippen LogP contribution is 2.40. The summed E-state index contributed by atoms with van der Waals surface area (Å²) in [6, 6.07) is 11.0. The van der Waals surface area contributed by atoms with Crippen molar-refractivity contribution in [2.24, 2.45) is 7.05 Å². The van der Waals surface area contributed by atoms with Crippen molar-refractivity contribution >= 4 is 39.3 Å². The molecule has 1 amide bonds. The lowest BCUT2D eigenvalue weighted by atomic mass is 10.1. The highest BCUT2D eigenvalue weighted by atomic mass is 79.9. The van der Waals surface area contributed by atoms with Crippen LogP contribution in [-0.4, -0.2) is 22.5 Å². The van der Waals surface area contributed by atoms with Crippen molar-refractivity contribution in [3.05, 3.63) is 57.2 Å². The first kappa shape index (κ1) is 17.9. The molecule has 6 nitrogen and oxygen atoms in total. The van der Waals surface area contributed by atoms with Crippen LogP contribution in [0.25, 0.3) is 11.1 Å². The average Bonchev–Trinajstić information content (AvgIpc) is 3.21. The van der Waals surface area contributed by atoms with Gasteiger partial charge in [-0.25, -0.2) is 0 Å². The van der Waals surface area contributed by atoms with E-state index in [1.54, 1.807) is 23.9 Å². The molecule has 2 aromatic carbocycles. The van der Waals surface area contributed by atoms with Crippen LogP contribution < -0.4 is 14.8 Å². The lowest BCUT2D eigenvalue weighted by Crippen LogP contribution is -2.15. The van der Waals surface area contributed by atoms with Crippen LogP contribution in [0.15, 0.2) is 40.9 Å². The van der Waals surface area contributed by atoms with Crippen molar-refractivity contribution < 1.29 is 14.3 Å². The fourth-order valence-electron chi connectivity index (χ4n) is 3.04. The van der Waals surface area contributed by atoms with E-state index in [9.17, 15) is 4.79 Å². The van der Waals surface area contributed by atoms with E-state index in [1.807, 2.05) is 31.2 Å². The van der Waals surface area contributed by atoms with Gasteiger partial charge in [0.15, 0.2) is 11.5 Å². The van der Waals surface area contributed by atoms with E-state index < -0.39 is 0 Å². The van der Waals surface area contributed by atoms with Crippen LogP contribution in [0.3, 0.4) is 0 Å². The maximum atomic E-state index is 12.9. The molecule has 1 aliphatic heterocycles. The first-order chi connectivity index (χ1) is 12.9. The van der Waals surface area contributed by atoms with Crippen molar-refractivity contribution in [3.8, 4) is 22.6 Å². The molecular formula is C19H15BrClN3O3. The van der Waals surface area contributed by atoms with E-state index in [4.69, 9.17) is 21.1 Å². The topological polar surface area (TPSA) is 65.4 Å². The summed E-state index contributed by atoms with van der Waals surface area (Å²) in [5.41, 5.74) is 3.02. The van der Waals surface area contributed by atoms with E-state index in [-0.39, 0.29) is 12.7 Å². The molecule has 0 spiro atoms. The molecule has 0 bridgehead atoms. The van der Waals surface area contributed by atoms with Gasteiger partial charge in [-0.15, -0.1) is 0 Å². The second-order valence-electron chi connectivity index (χ2n) is 6.09. The summed E-state index contributed by atoms with van der Waals surface area (Å²) >= 11 is 9.63. The zero-order chi connectivity index (χ0) is 19.1. The molecule has 138 valence electrons. The molecule has 0 fully saturated rings. The number of aromatic nitrogens is 2. The number of hydrogen-bond acceptors (Lipinski definition) is 4. The Labute approximate surface area is 169 Å². The predicted octanol–water partition coefficient (Wildman–Crippen LogP) is 4.79.